The fourth-order valence-corrected chi connectivity index (χ4v) is 2.03. The molecule has 0 atom stereocenters. The number of fused-ring (bicyclic) bond motifs is 1. The fraction of sp³-hybridized carbons (Fsp3) is 0.100. The minimum atomic E-state index is -0.904. The topological polar surface area (TPSA) is 20.7 Å². The Morgan fingerprint density at radius 1 is 1.50 bits per heavy atom. The van der Waals surface area contributed by atoms with E-state index in [2.05, 4.69) is 27.5 Å². The average molecular weight is 305 g/mol. The van der Waals surface area contributed by atoms with Crippen molar-refractivity contribution >= 4 is 39.2 Å². The first-order valence-electron chi connectivity index (χ1n) is 4.40. The maximum Gasteiger partial charge on any atom is 0.184 e. The molecule has 2 aromatic rings. The zero-order valence-corrected chi connectivity index (χ0v) is 10.5. The van der Waals surface area contributed by atoms with Crippen LogP contribution >= 0.6 is 28.1 Å². The molecule has 0 aliphatic carbocycles. The van der Waals surface area contributed by atoms with Crippen LogP contribution in [0.4, 0.5) is 8.78 Å². The van der Waals surface area contributed by atoms with E-state index >= 15 is 0 Å². The zero-order chi connectivity index (χ0) is 11.9. The van der Waals surface area contributed by atoms with Crippen molar-refractivity contribution in [2.24, 2.45) is 0 Å². The van der Waals surface area contributed by atoms with Gasteiger partial charge in [0.25, 0.3) is 0 Å². The van der Waals surface area contributed by atoms with Crippen molar-refractivity contribution in [1.29, 1.82) is 0 Å². The van der Waals surface area contributed by atoms with Crippen LogP contribution < -0.4 is 0 Å². The second kappa shape index (κ2) is 4.10. The molecule has 0 aliphatic heterocycles. The summed E-state index contributed by atoms with van der Waals surface area (Å²) in [5, 5.41) is 0. The van der Waals surface area contributed by atoms with Crippen molar-refractivity contribution in [3.63, 3.8) is 0 Å². The Balaban J connectivity index is 2.81. The lowest BCUT2D eigenvalue weighted by Crippen LogP contribution is -1.99. The number of aromatic amines is 1. The van der Waals surface area contributed by atoms with Crippen LogP contribution in [0.2, 0.25) is 0 Å². The molecular weight excluding hydrogens is 298 g/mol. The molecule has 0 unspecified atom stereocenters. The van der Waals surface area contributed by atoms with Gasteiger partial charge in [-0.25, -0.2) is 8.78 Å². The van der Waals surface area contributed by atoms with Crippen molar-refractivity contribution in [3.8, 4) is 0 Å². The largest absolute Gasteiger partial charge is 0.330 e. The smallest absolute Gasteiger partial charge is 0.184 e. The molecule has 0 fully saturated rings. The zero-order valence-electron chi connectivity index (χ0n) is 8.06. The third-order valence-electron chi connectivity index (χ3n) is 2.16. The van der Waals surface area contributed by atoms with Crippen LogP contribution in [-0.4, -0.2) is 9.55 Å². The van der Waals surface area contributed by atoms with E-state index in [1.165, 1.54) is 10.6 Å². The molecule has 1 N–H and O–H groups in total. The minimum absolute atomic E-state index is 0.130. The summed E-state index contributed by atoms with van der Waals surface area (Å²) in [5.74, 6) is -1.80. The van der Waals surface area contributed by atoms with Crippen LogP contribution in [0, 0.1) is 16.4 Å². The van der Waals surface area contributed by atoms with Gasteiger partial charge in [0.1, 0.15) is 5.52 Å². The van der Waals surface area contributed by atoms with Crippen LogP contribution in [-0.2, 0) is 6.54 Å². The summed E-state index contributed by atoms with van der Waals surface area (Å²) < 4.78 is 29.1. The van der Waals surface area contributed by atoms with E-state index in [4.69, 9.17) is 12.2 Å². The van der Waals surface area contributed by atoms with E-state index < -0.39 is 11.6 Å². The number of H-pyrrole nitrogens is 1. The molecule has 2 rings (SSSR count). The summed E-state index contributed by atoms with van der Waals surface area (Å²) in [7, 11) is 0. The summed E-state index contributed by atoms with van der Waals surface area (Å²) in [6.07, 6.45) is 0. The first kappa shape index (κ1) is 11.5. The van der Waals surface area contributed by atoms with Gasteiger partial charge >= 0.3 is 0 Å². The number of hydrogen-bond donors (Lipinski definition) is 1. The van der Waals surface area contributed by atoms with Crippen molar-refractivity contribution in [2.45, 2.75) is 6.54 Å². The van der Waals surface area contributed by atoms with Gasteiger partial charge in [-0.1, -0.05) is 22.5 Å². The highest BCUT2D eigenvalue weighted by Crippen LogP contribution is 2.22. The molecule has 1 heterocycles. The molecule has 1 aromatic heterocycles. The van der Waals surface area contributed by atoms with Gasteiger partial charge < -0.3 is 9.55 Å². The molecule has 0 amide bonds. The monoisotopic (exact) mass is 304 g/mol. The molecule has 2 nitrogen and oxygen atoms in total. The molecule has 16 heavy (non-hydrogen) atoms. The number of aromatic nitrogens is 2. The third-order valence-corrected chi connectivity index (χ3v) is 2.73. The lowest BCUT2D eigenvalue weighted by molar-refractivity contribution is 0.512. The molecule has 0 aliphatic rings. The third kappa shape index (κ3) is 1.82. The highest BCUT2D eigenvalue weighted by atomic mass is 79.9. The Morgan fingerprint density at radius 2 is 2.19 bits per heavy atom. The fourth-order valence-electron chi connectivity index (χ4n) is 1.51. The lowest BCUT2D eigenvalue weighted by atomic mass is 10.3. The van der Waals surface area contributed by atoms with Gasteiger partial charge in [0.15, 0.2) is 16.4 Å². The lowest BCUT2D eigenvalue weighted by Gasteiger charge is -2.03. The molecule has 84 valence electrons. The van der Waals surface area contributed by atoms with E-state index in [0.29, 0.717) is 21.3 Å². The summed E-state index contributed by atoms with van der Waals surface area (Å²) in [4.78, 5) is 2.81. The van der Waals surface area contributed by atoms with Crippen molar-refractivity contribution in [3.05, 3.63) is 39.6 Å². The van der Waals surface area contributed by atoms with Gasteiger partial charge in [-0.05, 0) is 24.4 Å². The van der Waals surface area contributed by atoms with E-state index in [1.54, 1.807) is 0 Å². The maximum atomic E-state index is 13.6. The molecule has 0 saturated carbocycles. The molecule has 0 radical (unpaired) electrons. The van der Waals surface area contributed by atoms with Gasteiger partial charge in [0, 0.05) is 4.48 Å². The summed E-state index contributed by atoms with van der Waals surface area (Å²) >= 11 is 8.20. The number of hydrogen-bond acceptors (Lipinski definition) is 1. The van der Waals surface area contributed by atoms with E-state index in [0.717, 1.165) is 6.07 Å². The van der Waals surface area contributed by atoms with Crippen molar-refractivity contribution < 1.29 is 8.78 Å². The van der Waals surface area contributed by atoms with Gasteiger partial charge in [-0.15, -0.1) is 0 Å². The molecule has 0 bridgehead atoms. The highest BCUT2D eigenvalue weighted by Gasteiger charge is 2.13. The van der Waals surface area contributed by atoms with Gasteiger partial charge in [-0.2, -0.15) is 0 Å². The molecule has 0 spiro atoms. The molecule has 1 aromatic carbocycles. The van der Waals surface area contributed by atoms with Gasteiger partial charge in [0.2, 0.25) is 0 Å². The molecule has 6 heteroatoms. The first-order valence-corrected chi connectivity index (χ1v) is 5.60. The summed E-state index contributed by atoms with van der Waals surface area (Å²) in [6.45, 7) is 3.94. The maximum absolute atomic E-state index is 13.6. The standard InChI is InChI=1S/C10H7BrF2N2S/c1-5(11)4-15-9-7(14-10(15)16)3-2-6(12)8(9)13/h2-3H,1,4H2,(H,14,16). The quantitative estimate of drug-likeness (QED) is 0.835. The first-order chi connectivity index (χ1) is 7.50. The van der Waals surface area contributed by atoms with Gasteiger partial charge in [-0.3, -0.25) is 0 Å². The Hall–Kier alpha value is -1.01. The van der Waals surface area contributed by atoms with Crippen molar-refractivity contribution in [2.75, 3.05) is 0 Å². The van der Waals surface area contributed by atoms with E-state index in [9.17, 15) is 8.78 Å². The van der Waals surface area contributed by atoms with E-state index in [1.807, 2.05) is 0 Å². The Kier molecular flexibility index (Phi) is 2.94. The predicted octanol–water partition coefficient (Wildman–Crippen LogP) is 3.89. The Morgan fingerprint density at radius 3 is 2.81 bits per heavy atom. The number of allylic oxidation sites excluding steroid dienone is 1. The SMILES string of the molecule is C=C(Br)Cn1c(=S)[nH]c2ccc(F)c(F)c21. The average Bonchev–Trinajstić information content (AvgIpc) is 2.50. The van der Waals surface area contributed by atoms with Gasteiger partial charge in [0.05, 0.1) is 12.1 Å². The normalized spacial score (nSPS) is 10.9. The summed E-state index contributed by atoms with van der Waals surface area (Å²) in [6, 6.07) is 2.52. The number of rotatable bonds is 2. The van der Waals surface area contributed by atoms with Crippen LogP contribution in [0.3, 0.4) is 0 Å². The van der Waals surface area contributed by atoms with Crippen LogP contribution in [0.25, 0.3) is 11.0 Å². The Labute approximate surface area is 104 Å². The molecular formula is C10H7BrF2N2S. The number of nitrogens with zero attached hydrogens (tertiary/aromatic N) is 1. The Bertz CT molecular complexity index is 630. The number of imidazole rings is 1. The second-order valence-corrected chi connectivity index (χ2v) is 4.80. The number of halogens is 3. The number of benzene rings is 1. The van der Waals surface area contributed by atoms with E-state index in [-0.39, 0.29) is 5.52 Å². The number of nitrogens with one attached hydrogen (secondary N) is 1. The predicted molar refractivity (Wildman–Crippen MR) is 65.1 cm³/mol. The van der Waals surface area contributed by atoms with Crippen molar-refractivity contribution in [1.82, 2.24) is 9.55 Å². The minimum Gasteiger partial charge on any atom is -0.330 e. The highest BCUT2D eigenvalue weighted by molar-refractivity contribution is 9.11. The van der Waals surface area contributed by atoms with Crippen LogP contribution in [0.5, 0.6) is 0 Å². The molecule has 0 saturated heterocycles. The second-order valence-electron chi connectivity index (χ2n) is 3.29. The summed E-state index contributed by atoms with van der Waals surface area (Å²) in [5.41, 5.74) is 0.600. The van der Waals surface area contributed by atoms with Crippen LogP contribution in [0.15, 0.2) is 23.2 Å². The van der Waals surface area contributed by atoms with Crippen LogP contribution in [0.1, 0.15) is 0 Å².